The summed E-state index contributed by atoms with van der Waals surface area (Å²) < 4.78 is 0. The fourth-order valence-electron chi connectivity index (χ4n) is 0. The van der Waals surface area contributed by atoms with Gasteiger partial charge in [-0.1, -0.05) is 0 Å². The Hall–Kier alpha value is 1.92. The quantitative estimate of drug-likeness (QED) is 0.376. The number of hydrogen-bond donors (Lipinski definition) is 0. The van der Waals surface area contributed by atoms with Crippen LogP contribution in [0.4, 0.5) is 0 Å². The van der Waals surface area contributed by atoms with Gasteiger partial charge in [-0.05, 0) is 0 Å². The van der Waals surface area contributed by atoms with Gasteiger partial charge in [0.1, 0.15) is 0 Å². The minimum absolute atomic E-state index is 0. The molecule has 0 aliphatic carbocycles. The normalized spacial score (nSPS) is 0. The summed E-state index contributed by atoms with van der Waals surface area (Å²) in [7, 11) is 0. The maximum absolute atomic E-state index is 0. The summed E-state index contributed by atoms with van der Waals surface area (Å²) in [4.78, 5) is 0. The van der Waals surface area contributed by atoms with Crippen LogP contribution < -0.4 is 0 Å². The molecule has 0 rings (SSSR count). The molecule has 0 N–H and O–H groups in total. The Kier molecular flexibility index (Phi) is 199. The second-order valence-corrected chi connectivity index (χ2v) is 0. The second-order valence-electron chi connectivity index (χ2n) is 0. The summed E-state index contributed by atoms with van der Waals surface area (Å²) in [5.74, 6) is 0. The predicted octanol–water partition coefficient (Wildman–Crippen LogP) is 0.166. The van der Waals surface area contributed by atoms with Gasteiger partial charge in [-0.15, -0.1) is 0 Å². The summed E-state index contributed by atoms with van der Waals surface area (Å²) in [6.45, 7) is 0. The van der Waals surface area contributed by atoms with Crippen molar-refractivity contribution in [2.45, 2.75) is 0 Å². The average Bonchev–Trinajstić information content (AvgIpc) is 0. The van der Waals surface area contributed by atoms with Gasteiger partial charge < -0.3 is 0 Å². The first-order valence-corrected chi connectivity index (χ1v) is 0. The average molecular weight is 189 g/mol. The minimum Gasteiger partial charge on any atom is -0.197 e. The summed E-state index contributed by atoms with van der Waals surface area (Å²) in [6.07, 6.45) is 0. The molecule has 4 heteroatoms. The number of hydrogen-bond acceptors (Lipinski definition) is 0. The van der Waals surface area contributed by atoms with Gasteiger partial charge >= 0.3 is 0 Å². The van der Waals surface area contributed by atoms with E-state index in [9.17, 15) is 0 Å². The molecule has 0 saturated heterocycles. The summed E-state index contributed by atoms with van der Waals surface area (Å²) in [5.41, 5.74) is 0. The molecule has 1 atom stereocenters. The fraction of sp³-hybridized carbons (Fsp3) is 0. The topological polar surface area (TPSA) is 0 Å². The van der Waals surface area contributed by atoms with Gasteiger partial charge in [0.2, 0.25) is 0 Å². The monoisotopic (exact) mass is 188 g/mol. The third-order valence-corrected chi connectivity index (χ3v) is 0. The van der Waals surface area contributed by atoms with Crippen molar-refractivity contribution in [3.8, 4) is 0 Å². The van der Waals surface area contributed by atoms with E-state index in [2.05, 4.69) is 0 Å². The maximum Gasteiger partial charge on any atom is 0 e. The molecule has 0 aromatic rings. The van der Waals surface area contributed by atoms with Crippen LogP contribution in [0, 0.1) is 0 Å². The van der Waals surface area contributed by atoms with E-state index in [0.717, 1.165) is 0 Å². The third kappa shape index (κ3) is 9.06. The van der Waals surface area contributed by atoms with E-state index in [1.165, 1.54) is 0 Å². The molecule has 0 aliphatic rings. The molecule has 4 heavy (non-hydrogen) atoms. The van der Waals surface area contributed by atoms with E-state index in [1.54, 1.807) is 0 Å². The Morgan fingerprint density at radius 1 is 1.00 bits per heavy atom. The molecule has 26 valence electrons. The van der Waals surface area contributed by atoms with Crippen LogP contribution in [0.2, 0.25) is 0 Å². The van der Waals surface area contributed by atoms with Crippen molar-refractivity contribution in [1.29, 1.82) is 0 Å². The Labute approximate surface area is 59.8 Å². The van der Waals surface area contributed by atoms with Crippen molar-refractivity contribution in [3.63, 3.8) is 0 Å². The van der Waals surface area contributed by atoms with Crippen molar-refractivity contribution >= 4 is 23.4 Å². The van der Waals surface area contributed by atoms with E-state index in [-0.39, 0.29) is 59.9 Å². The van der Waals surface area contributed by atoms with Crippen LogP contribution in [0.15, 0.2) is 0 Å². The van der Waals surface area contributed by atoms with Crippen molar-refractivity contribution in [2.24, 2.45) is 0 Å². The van der Waals surface area contributed by atoms with Crippen LogP contribution in [-0.2, 0) is 36.5 Å². The minimum atomic E-state index is 0. The van der Waals surface area contributed by atoms with Crippen LogP contribution in [0.3, 0.4) is 0 Å². The van der Waals surface area contributed by atoms with Gasteiger partial charge in [0.25, 0.3) is 0 Å². The Morgan fingerprint density at radius 3 is 1.00 bits per heavy atom. The van der Waals surface area contributed by atoms with Crippen LogP contribution in [0.5, 0.6) is 0 Å². The molecule has 0 heterocycles. The van der Waals surface area contributed by atoms with Gasteiger partial charge in [0, 0.05) is 36.5 Å². The molecular formula is H5FePSZn. The first kappa shape index (κ1) is 38.8. The predicted molar refractivity (Wildman–Crippen MR) is 21.5 cm³/mol. The van der Waals surface area contributed by atoms with Gasteiger partial charge in [-0.3, -0.25) is 0 Å². The Bertz CT molecular complexity index is 8.00. The largest absolute Gasteiger partial charge is 0.197 e. The molecule has 0 aromatic carbocycles. The van der Waals surface area contributed by atoms with Gasteiger partial charge in [-0.2, -0.15) is 23.4 Å². The fourth-order valence-corrected chi connectivity index (χ4v) is 0. The van der Waals surface area contributed by atoms with Gasteiger partial charge in [0.05, 0.1) is 0 Å². The van der Waals surface area contributed by atoms with Crippen LogP contribution in [0.25, 0.3) is 0 Å². The van der Waals surface area contributed by atoms with Crippen LogP contribution >= 0.6 is 23.4 Å². The van der Waals surface area contributed by atoms with E-state index in [0.29, 0.717) is 0 Å². The zero-order valence-electron chi connectivity index (χ0n) is 2.27. The third-order valence-electron chi connectivity index (χ3n) is 0. The molecule has 0 radical (unpaired) electrons. The standard InChI is InChI=1S/Fe.H3P.H2S.Zn/h;1H3;1H2;. The van der Waals surface area contributed by atoms with Crippen molar-refractivity contribution in [3.05, 3.63) is 0 Å². The first-order chi connectivity index (χ1) is 0. The molecule has 1 unspecified atom stereocenters. The zero-order chi connectivity index (χ0) is 0. The van der Waals surface area contributed by atoms with Crippen molar-refractivity contribution in [1.82, 2.24) is 0 Å². The van der Waals surface area contributed by atoms with Gasteiger partial charge in [-0.25, -0.2) is 0 Å². The van der Waals surface area contributed by atoms with Crippen LogP contribution in [0.1, 0.15) is 0 Å². The Morgan fingerprint density at radius 2 is 1.00 bits per heavy atom. The molecule has 0 fully saturated rings. The van der Waals surface area contributed by atoms with E-state index < -0.39 is 0 Å². The summed E-state index contributed by atoms with van der Waals surface area (Å²) in [5, 5.41) is 0. The second kappa shape index (κ2) is 20.5. The van der Waals surface area contributed by atoms with Crippen LogP contribution in [-0.4, -0.2) is 0 Å². The smallest absolute Gasteiger partial charge is 0 e. The maximum atomic E-state index is 0. The molecule has 0 saturated carbocycles. The van der Waals surface area contributed by atoms with Crippen molar-refractivity contribution in [2.75, 3.05) is 0 Å². The Balaban J connectivity index is 0. The zero-order valence-corrected chi connectivity index (χ0v) is 8.75. The van der Waals surface area contributed by atoms with Crippen molar-refractivity contribution < 1.29 is 36.5 Å². The molecular weight excluding hydrogens is 184 g/mol. The molecule has 0 aromatic heterocycles. The molecule has 0 aliphatic heterocycles. The van der Waals surface area contributed by atoms with Gasteiger partial charge in [0.15, 0.2) is 0 Å². The van der Waals surface area contributed by atoms with E-state index >= 15 is 0 Å². The summed E-state index contributed by atoms with van der Waals surface area (Å²) >= 11 is 0. The number of rotatable bonds is 0. The molecule has 0 spiro atoms. The molecule has 0 nitrogen and oxygen atoms in total. The molecule has 0 amide bonds. The first-order valence-electron chi connectivity index (χ1n) is 0. The van der Waals surface area contributed by atoms with E-state index in [4.69, 9.17) is 0 Å². The SMILES string of the molecule is P.S.[Fe].[Zn]. The van der Waals surface area contributed by atoms with E-state index in [1.807, 2.05) is 0 Å². The summed E-state index contributed by atoms with van der Waals surface area (Å²) in [6, 6.07) is 0. The molecule has 0 bridgehead atoms.